The van der Waals surface area contributed by atoms with Gasteiger partial charge < -0.3 is 15.2 Å². The number of aliphatic carboxylic acids is 1. The van der Waals surface area contributed by atoms with Crippen LogP contribution in [0, 0.1) is 5.41 Å². The van der Waals surface area contributed by atoms with Crippen molar-refractivity contribution in [1.82, 2.24) is 5.32 Å². The summed E-state index contributed by atoms with van der Waals surface area (Å²) in [5.41, 5.74) is -1.81. The second-order valence-corrected chi connectivity index (χ2v) is 5.49. The Morgan fingerprint density at radius 2 is 2.12 bits per heavy atom. The monoisotopic (exact) mass is 243 g/mol. The highest BCUT2D eigenvalue weighted by Gasteiger charge is 2.58. The molecule has 0 bridgehead atoms. The molecule has 3 unspecified atom stereocenters. The summed E-state index contributed by atoms with van der Waals surface area (Å²) in [7, 11) is 0. The van der Waals surface area contributed by atoms with E-state index in [2.05, 4.69) is 5.32 Å². The zero-order chi connectivity index (χ0) is 13.3. The Labute approximate surface area is 102 Å². The highest BCUT2D eigenvalue weighted by atomic mass is 16.4. The van der Waals surface area contributed by atoms with Crippen LogP contribution in [-0.4, -0.2) is 46.3 Å². The van der Waals surface area contributed by atoms with Crippen molar-refractivity contribution in [2.75, 3.05) is 6.54 Å². The van der Waals surface area contributed by atoms with Crippen molar-refractivity contribution in [3.8, 4) is 0 Å². The van der Waals surface area contributed by atoms with Gasteiger partial charge in [0, 0.05) is 12.0 Å². The summed E-state index contributed by atoms with van der Waals surface area (Å²) in [4.78, 5) is 11.4. The molecule has 0 amide bonds. The molecule has 0 spiro atoms. The van der Waals surface area contributed by atoms with Gasteiger partial charge in [0.2, 0.25) is 0 Å². The molecule has 0 aliphatic carbocycles. The second-order valence-electron chi connectivity index (χ2n) is 5.49. The molecule has 4 N–H and O–H groups in total. The quantitative estimate of drug-likeness (QED) is 0.518. The molecule has 1 aliphatic rings. The Balaban J connectivity index is 2.78. The third kappa shape index (κ3) is 2.48. The molecule has 0 radical (unpaired) electrons. The number of carboxylic acids is 1. The molecule has 3 atom stereocenters. The zero-order valence-corrected chi connectivity index (χ0v) is 10.7. The molecule has 0 aromatic heterocycles. The van der Waals surface area contributed by atoms with Gasteiger partial charge in [0.25, 0.3) is 6.92 Å². The van der Waals surface area contributed by atoms with Crippen molar-refractivity contribution >= 4 is 12.9 Å². The van der Waals surface area contributed by atoms with Crippen LogP contribution in [0.15, 0.2) is 0 Å². The van der Waals surface area contributed by atoms with Crippen molar-refractivity contribution in [3.05, 3.63) is 0 Å². The van der Waals surface area contributed by atoms with Crippen LogP contribution in [0.2, 0.25) is 13.1 Å². The van der Waals surface area contributed by atoms with Gasteiger partial charge in [-0.3, -0.25) is 10.1 Å². The SMILES string of the molecule is CB(O)CCCC1(C)C(O)CNC1(C)C(=O)O. The highest BCUT2D eigenvalue weighted by molar-refractivity contribution is 6.48. The van der Waals surface area contributed by atoms with E-state index in [1.54, 1.807) is 20.7 Å². The number of carboxylic acid groups (broad SMARTS) is 1. The van der Waals surface area contributed by atoms with Crippen molar-refractivity contribution < 1.29 is 20.0 Å². The molecule has 1 aliphatic heterocycles. The minimum absolute atomic E-state index is 0.300. The van der Waals surface area contributed by atoms with Crippen LogP contribution in [0.3, 0.4) is 0 Å². The average Bonchev–Trinajstić information content (AvgIpc) is 2.44. The number of hydrogen-bond acceptors (Lipinski definition) is 4. The highest BCUT2D eigenvalue weighted by Crippen LogP contribution is 2.44. The van der Waals surface area contributed by atoms with Gasteiger partial charge in [-0.05, 0) is 19.7 Å². The minimum atomic E-state index is -1.11. The van der Waals surface area contributed by atoms with Gasteiger partial charge >= 0.3 is 5.97 Å². The molecule has 1 saturated heterocycles. The predicted octanol–water partition coefficient (Wildman–Crippen LogP) is 0.194. The average molecular weight is 243 g/mol. The van der Waals surface area contributed by atoms with E-state index in [-0.39, 0.29) is 6.92 Å². The summed E-state index contributed by atoms with van der Waals surface area (Å²) in [5, 5.41) is 31.4. The summed E-state index contributed by atoms with van der Waals surface area (Å²) in [5.74, 6) is -0.936. The normalized spacial score (nSPS) is 37.1. The second kappa shape index (κ2) is 4.96. The first-order chi connectivity index (χ1) is 7.74. The maximum atomic E-state index is 11.4. The molecule has 5 nitrogen and oxygen atoms in total. The van der Waals surface area contributed by atoms with Gasteiger partial charge in [0.1, 0.15) is 5.54 Å². The van der Waals surface area contributed by atoms with Crippen LogP contribution in [-0.2, 0) is 4.79 Å². The lowest BCUT2D eigenvalue weighted by atomic mass is 9.62. The molecule has 0 saturated carbocycles. The molecule has 98 valence electrons. The van der Waals surface area contributed by atoms with Crippen LogP contribution >= 0.6 is 0 Å². The Kier molecular flexibility index (Phi) is 4.22. The molecule has 6 heteroatoms. The number of carbonyl (C=O) groups is 1. The van der Waals surface area contributed by atoms with E-state index < -0.39 is 23.0 Å². The first-order valence-electron chi connectivity index (χ1n) is 6.08. The van der Waals surface area contributed by atoms with Crippen molar-refractivity contribution in [3.63, 3.8) is 0 Å². The summed E-state index contributed by atoms with van der Waals surface area (Å²) in [6.45, 7) is 5.04. The standard InChI is InChI=1S/C11H22BNO4/c1-10(5-4-6-12(3)17)8(14)7-13-11(10,2)9(15)16/h8,13-14,17H,4-7H2,1-3H3,(H,15,16). The first kappa shape index (κ1) is 14.5. The van der Waals surface area contributed by atoms with Crippen LogP contribution in [0.25, 0.3) is 0 Å². The van der Waals surface area contributed by atoms with Crippen LogP contribution in [0.1, 0.15) is 26.7 Å². The number of hydrogen-bond donors (Lipinski definition) is 4. The topological polar surface area (TPSA) is 89.8 Å². The molecule has 1 rings (SSSR count). The number of aliphatic hydroxyl groups is 1. The number of β-amino-alcohol motifs (C(OH)–C–C–N with tert-alkyl or cyclic N) is 1. The van der Waals surface area contributed by atoms with Crippen molar-refractivity contribution in [2.24, 2.45) is 5.41 Å². The lowest BCUT2D eigenvalue weighted by Gasteiger charge is -2.39. The van der Waals surface area contributed by atoms with Gasteiger partial charge in [-0.1, -0.05) is 20.2 Å². The van der Waals surface area contributed by atoms with Crippen molar-refractivity contribution in [1.29, 1.82) is 0 Å². The number of nitrogens with one attached hydrogen (secondary N) is 1. The largest absolute Gasteiger partial charge is 0.480 e. The van der Waals surface area contributed by atoms with E-state index in [1.807, 2.05) is 0 Å². The molecular formula is C11H22BNO4. The molecule has 0 aromatic carbocycles. The molecule has 0 aromatic rings. The molecule has 1 fully saturated rings. The Hall–Kier alpha value is -0.585. The molecule has 1 heterocycles. The van der Waals surface area contributed by atoms with E-state index >= 15 is 0 Å². The maximum Gasteiger partial charge on any atom is 0.324 e. The third-order valence-electron chi connectivity index (χ3n) is 4.27. The summed E-state index contributed by atoms with van der Waals surface area (Å²) in [6, 6.07) is 0. The van der Waals surface area contributed by atoms with E-state index in [9.17, 15) is 20.0 Å². The smallest absolute Gasteiger partial charge is 0.324 e. The Morgan fingerprint density at radius 3 is 2.59 bits per heavy atom. The van der Waals surface area contributed by atoms with Gasteiger partial charge in [-0.15, -0.1) is 0 Å². The summed E-state index contributed by atoms with van der Waals surface area (Å²) < 4.78 is 0. The van der Waals surface area contributed by atoms with Crippen LogP contribution in [0.5, 0.6) is 0 Å². The van der Waals surface area contributed by atoms with E-state index in [4.69, 9.17) is 0 Å². The fourth-order valence-corrected chi connectivity index (χ4v) is 2.56. The molecule has 17 heavy (non-hydrogen) atoms. The van der Waals surface area contributed by atoms with Gasteiger partial charge in [0.05, 0.1) is 6.10 Å². The van der Waals surface area contributed by atoms with Gasteiger partial charge in [-0.25, -0.2) is 0 Å². The van der Waals surface area contributed by atoms with Gasteiger partial charge in [-0.2, -0.15) is 0 Å². The van der Waals surface area contributed by atoms with E-state index in [0.29, 0.717) is 25.7 Å². The van der Waals surface area contributed by atoms with Gasteiger partial charge in [0.15, 0.2) is 0 Å². The fourth-order valence-electron chi connectivity index (χ4n) is 2.56. The Bertz CT molecular complexity index is 299. The minimum Gasteiger partial charge on any atom is -0.480 e. The lowest BCUT2D eigenvalue weighted by Crippen LogP contribution is -2.56. The number of rotatable bonds is 5. The summed E-state index contributed by atoms with van der Waals surface area (Å²) in [6.07, 6.45) is 1.24. The Morgan fingerprint density at radius 1 is 1.53 bits per heavy atom. The lowest BCUT2D eigenvalue weighted by molar-refractivity contribution is -0.150. The van der Waals surface area contributed by atoms with Crippen molar-refractivity contribution in [2.45, 2.75) is 51.5 Å². The zero-order valence-electron chi connectivity index (χ0n) is 10.7. The maximum absolute atomic E-state index is 11.4. The predicted molar refractivity (Wildman–Crippen MR) is 66.0 cm³/mol. The van der Waals surface area contributed by atoms with Crippen LogP contribution in [0.4, 0.5) is 0 Å². The third-order valence-corrected chi connectivity index (χ3v) is 4.27. The fraction of sp³-hybridized carbons (Fsp3) is 0.909. The van der Waals surface area contributed by atoms with E-state index in [0.717, 1.165) is 0 Å². The molecular weight excluding hydrogens is 221 g/mol. The van der Waals surface area contributed by atoms with Crippen LogP contribution < -0.4 is 5.32 Å². The number of aliphatic hydroxyl groups excluding tert-OH is 1. The summed E-state index contributed by atoms with van der Waals surface area (Å²) >= 11 is 0. The van der Waals surface area contributed by atoms with E-state index in [1.165, 1.54) is 0 Å². The first-order valence-corrected chi connectivity index (χ1v) is 6.08.